The highest BCUT2D eigenvalue weighted by Crippen LogP contribution is 2.31. The fourth-order valence-electron chi connectivity index (χ4n) is 4.52. The van der Waals surface area contributed by atoms with Gasteiger partial charge in [-0.2, -0.15) is 0 Å². The maximum absolute atomic E-state index is 12.9. The molecule has 200 valence electrons. The van der Waals surface area contributed by atoms with Crippen LogP contribution in [0, 0.1) is 0 Å². The van der Waals surface area contributed by atoms with Crippen molar-refractivity contribution in [1.82, 2.24) is 4.90 Å². The summed E-state index contributed by atoms with van der Waals surface area (Å²) in [7, 11) is 0. The van der Waals surface area contributed by atoms with E-state index in [1.54, 1.807) is 48.5 Å². The quantitative estimate of drug-likeness (QED) is 0.240. The molecule has 1 N–H and O–H groups in total. The molecule has 3 aromatic carbocycles. The highest BCUT2D eigenvalue weighted by molar-refractivity contribution is 9.10. The van der Waals surface area contributed by atoms with Gasteiger partial charge in [0.2, 0.25) is 5.91 Å². The Balaban J connectivity index is 1.20. The molecule has 1 fully saturated rings. The normalized spacial score (nSPS) is 16.6. The first-order valence-electron chi connectivity index (χ1n) is 12.7. The lowest BCUT2D eigenvalue weighted by Crippen LogP contribution is -2.36. The van der Waals surface area contributed by atoms with Crippen molar-refractivity contribution in [3.05, 3.63) is 87.9 Å². The number of amides is 3. The lowest BCUT2D eigenvalue weighted by Gasteiger charge is -2.17. The number of carbonyl (C=O) groups is 3. The van der Waals surface area contributed by atoms with Gasteiger partial charge in [0, 0.05) is 28.4 Å². The summed E-state index contributed by atoms with van der Waals surface area (Å²) < 4.78 is 18.0. The molecule has 8 nitrogen and oxygen atoms in total. The molecule has 2 aliphatic heterocycles. The fourth-order valence-corrected chi connectivity index (χ4v) is 4.90. The molecule has 5 rings (SSSR count). The highest BCUT2D eigenvalue weighted by atomic mass is 79.9. The third-order valence-corrected chi connectivity index (χ3v) is 6.89. The molecule has 1 saturated heterocycles. The van der Waals surface area contributed by atoms with Gasteiger partial charge in [-0.3, -0.25) is 19.3 Å². The average Bonchev–Trinajstić information content (AvgIpc) is 3.53. The van der Waals surface area contributed by atoms with Crippen molar-refractivity contribution in [2.24, 2.45) is 0 Å². The summed E-state index contributed by atoms with van der Waals surface area (Å²) in [5.74, 6) is 0.720. The van der Waals surface area contributed by atoms with E-state index < -0.39 is 0 Å². The molecule has 2 aliphatic rings. The number of hydrogen-bond acceptors (Lipinski definition) is 6. The molecule has 0 saturated carbocycles. The Morgan fingerprint density at radius 1 is 1.05 bits per heavy atom. The predicted octanol–water partition coefficient (Wildman–Crippen LogP) is 6.07. The molecule has 0 bridgehead atoms. The van der Waals surface area contributed by atoms with E-state index in [-0.39, 0.29) is 30.4 Å². The molecule has 1 unspecified atom stereocenters. The van der Waals surface area contributed by atoms with E-state index in [0.29, 0.717) is 47.3 Å². The van der Waals surface area contributed by atoms with Crippen LogP contribution in [-0.4, -0.2) is 48.5 Å². The van der Waals surface area contributed by atoms with E-state index in [1.165, 1.54) is 11.0 Å². The number of benzene rings is 3. The summed E-state index contributed by atoms with van der Waals surface area (Å²) in [5.41, 5.74) is 2.07. The Labute approximate surface area is 234 Å². The number of halogens is 1. The predicted molar refractivity (Wildman–Crippen MR) is 150 cm³/mol. The Hall–Kier alpha value is -3.95. The first-order chi connectivity index (χ1) is 18.9. The van der Waals surface area contributed by atoms with Crippen molar-refractivity contribution in [3.63, 3.8) is 0 Å². The standard InChI is InChI=1S/C30H27BrN2O6/c1-2-37-27-13-6-20(31)16-19(27)5-14-28(34)32-21-7-9-22(10-8-21)39-23-11-12-25-26(17-23)30(36)33(29(25)35)18-24-4-3-15-38-24/h5-14,16-17,24H,2-4,15,18H2,1H3,(H,32,34)/b14-5+. The molecule has 2 heterocycles. The van der Waals surface area contributed by atoms with Gasteiger partial charge in [-0.25, -0.2) is 0 Å². The molecule has 0 radical (unpaired) electrons. The molecule has 39 heavy (non-hydrogen) atoms. The van der Waals surface area contributed by atoms with Gasteiger partial charge in [0.25, 0.3) is 11.8 Å². The minimum Gasteiger partial charge on any atom is -0.493 e. The monoisotopic (exact) mass is 590 g/mol. The zero-order valence-corrected chi connectivity index (χ0v) is 22.9. The number of ether oxygens (including phenoxy) is 3. The van der Waals surface area contributed by atoms with E-state index in [2.05, 4.69) is 21.2 Å². The van der Waals surface area contributed by atoms with Crippen LogP contribution in [0.3, 0.4) is 0 Å². The highest BCUT2D eigenvalue weighted by Gasteiger charge is 2.37. The van der Waals surface area contributed by atoms with E-state index >= 15 is 0 Å². The lowest BCUT2D eigenvalue weighted by molar-refractivity contribution is -0.111. The van der Waals surface area contributed by atoms with E-state index in [4.69, 9.17) is 14.2 Å². The first-order valence-corrected chi connectivity index (χ1v) is 13.5. The Morgan fingerprint density at radius 2 is 1.82 bits per heavy atom. The van der Waals surface area contributed by atoms with Crippen molar-refractivity contribution < 1.29 is 28.6 Å². The van der Waals surface area contributed by atoms with Crippen LogP contribution in [0.15, 0.2) is 71.2 Å². The summed E-state index contributed by atoms with van der Waals surface area (Å²) in [5, 5.41) is 2.82. The van der Waals surface area contributed by atoms with Crippen LogP contribution in [0.25, 0.3) is 6.08 Å². The number of hydrogen-bond donors (Lipinski definition) is 1. The maximum Gasteiger partial charge on any atom is 0.261 e. The van der Waals surface area contributed by atoms with Gasteiger partial charge < -0.3 is 19.5 Å². The second-order valence-corrected chi connectivity index (χ2v) is 10.0. The van der Waals surface area contributed by atoms with E-state index in [1.807, 2.05) is 25.1 Å². The molecule has 3 aromatic rings. The molecular weight excluding hydrogens is 564 g/mol. The van der Waals surface area contributed by atoms with Gasteiger partial charge >= 0.3 is 0 Å². The van der Waals surface area contributed by atoms with Crippen molar-refractivity contribution >= 4 is 45.4 Å². The third-order valence-electron chi connectivity index (χ3n) is 6.40. The van der Waals surface area contributed by atoms with E-state index in [0.717, 1.165) is 22.9 Å². The second kappa shape index (κ2) is 11.8. The molecule has 3 amide bonds. The van der Waals surface area contributed by atoms with E-state index in [9.17, 15) is 14.4 Å². The fraction of sp³-hybridized carbons (Fsp3) is 0.233. The SMILES string of the molecule is CCOc1ccc(Br)cc1/C=C/C(=O)Nc1ccc(Oc2ccc3c(c2)C(=O)N(CC2CCCO2)C3=O)cc1. The van der Waals surface area contributed by atoms with Gasteiger partial charge in [0.1, 0.15) is 17.2 Å². The number of rotatable bonds is 9. The Bertz CT molecular complexity index is 1430. The summed E-state index contributed by atoms with van der Waals surface area (Å²) in [6.07, 6.45) is 4.82. The summed E-state index contributed by atoms with van der Waals surface area (Å²) in [6, 6.07) is 17.3. The van der Waals surface area contributed by atoms with Crippen LogP contribution in [0.5, 0.6) is 17.2 Å². The number of carbonyl (C=O) groups excluding carboxylic acids is 3. The zero-order chi connectivity index (χ0) is 27.4. The number of imide groups is 1. The Morgan fingerprint density at radius 3 is 2.56 bits per heavy atom. The van der Waals surface area contributed by atoms with Crippen molar-refractivity contribution in [2.75, 3.05) is 25.1 Å². The minimum absolute atomic E-state index is 0.106. The van der Waals surface area contributed by atoms with Crippen molar-refractivity contribution in [3.8, 4) is 17.2 Å². The zero-order valence-electron chi connectivity index (χ0n) is 21.3. The van der Waals surface area contributed by atoms with Crippen LogP contribution in [-0.2, 0) is 9.53 Å². The van der Waals surface area contributed by atoms with Crippen molar-refractivity contribution in [2.45, 2.75) is 25.9 Å². The smallest absolute Gasteiger partial charge is 0.261 e. The van der Waals surface area contributed by atoms with Crippen LogP contribution in [0.1, 0.15) is 46.0 Å². The molecule has 9 heteroatoms. The number of fused-ring (bicyclic) bond motifs is 1. The van der Waals surface area contributed by atoms with Gasteiger partial charge in [-0.05, 0) is 86.5 Å². The van der Waals surface area contributed by atoms with Crippen LogP contribution >= 0.6 is 15.9 Å². The lowest BCUT2D eigenvalue weighted by atomic mass is 10.1. The molecular formula is C30H27BrN2O6. The summed E-state index contributed by atoms with van der Waals surface area (Å²) in [6.45, 7) is 3.35. The van der Waals surface area contributed by atoms with Crippen LogP contribution < -0.4 is 14.8 Å². The third kappa shape index (κ3) is 6.21. The molecule has 0 aliphatic carbocycles. The van der Waals surface area contributed by atoms with Crippen LogP contribution in [0.2, 0.25) is 0 Å². The number of anilines is 1. The minimum atomic E-state index is -0.335. The topological polar surface area (TPSA) is 94.2 Å². The largest absolute Gasteiger partial charge is 0.493 e. The Kier molecular flexibility index (Phi) is 8.09. The second-order valence-electron chi connectivity index (χ2n) is 9.13. The van der Waals surface area contributed by atoms with Crippen LogP contribution in [0.4, 0.5) is 5.69 Å². The average molecular weight is 591 g/mol. The van der Waals surface area contributed by atoms with Gasteiger partial charge in [-0.1, -0.05) is 15.9 Å². The number of nitrogens with zero attached hydrogens (tertiary/aromatic N) is 1. The maximum atomic E-state index is 12.9. The van der Waals surface area contributed by atoms with Gasteiger partial charge in [0.15, 0.2) is 0 Å². The van der Waals surface area contributed by atoms with Gasteiger partial charge in [0.05, 0.1) is 30.4 Å². The number of nitrogens with one attached hydrogen (secondary N) is 1. The molecule has 0 spiro atoms. The molecule has 0 aromatic heterocycles. The summed E-state index contributed by atoms with van der Waals surface area (Å²) in [4.78, 5) is 39.4. The summed E-state index contributed by atoms with van der Waals surface area (Å²) >= 11 is 3.44. The molecule has 1 atom stereocenters. The van der Waals surface area contributed by atoms with Crippen molar-refractivity contribution in [1.29, 1.82) is 0 Å². The first kappa shape index (κ1) is 26.6. The van der Waals surface area contributed by atoms with Gasteiger partial charge in [-0.15, -0.1) is 0 Å².